The van der Waals surface area contributed by atoms with E-state index in [1.54, 1.807) is 12.4 Å². The molecule has 0 aliphatic heterocycles. The molecule has 0 fully saturated rings. The first-order valence-corrected chi connectivity index (χ1v) is 6.87. The second kappa shape index (κ2) is 6.32. The van der Waals surface area contributed by atoms with Crippen LogP contribution in [0.1, 0.15) is 27.7 Å². The van der Waals surface area contributed by atoms with Gasteiger partial charge < -0.3 is 10.6 Å². The summed E-state index contributed by atoms with van der Waals surface area (Å²) in [5, 5.41) is 6.56. The molecule has 5 nitrogen and oxygen atoms in total. The minimum absolute atomic E-state index is 0.283. The lowest BCUT2D eigenvalue weighted by molar-refractivity contribution is 0.862. The first-order chi connectivity index (χ1) is 9.54. The number of hydrogen-bond acceptors (Lipinski definition) is 5. The van der Waals surface area contributed by atoms with E-state index in [9.17, 15) is 0 Å². The maximum atomic E-state index is 4.55. The van der Waals surface area contributed by atoms with Gasteiger partial charge >= 0.3 is 0 Å². The molecule has 20 heavy (non-hydrogen) atoms. The van der Waals surface area contributed by atoms with Gasteiger partial charge in [-0.05, 0) is 39.8 Å². The summed E-state index contributed by atoms with van der Waals surface area (Å²) < 4.78 is 0. The fraction of sp³-hybridized carbons (Fsp3) is 0.400. The van der Waals surface area contributed by atoms with Gasteiger partial charge in [-0.25, -0.2) is 4.98 Å². The zero-order chi connectivity index (χ0) is 14.5. The van der Waals surface area contributed by atoms with E-state index in [-0.39, 0.29) is 6.04 Å². The predicted molar refractivity (Wildman–Crippen MR) is 82.8 cm³/mol. The van der Waals surface area contributed by atoms with Crippen LogP contribution < -0.4 is 10.6 Å². The Kier molecular flexibility index (Phi) is 4.50. The number of hydrogen-bond donors (Lipinski definition) is 2. The van der Waals surface area contributed by atoms with Crippen LogP contribution in [0.4, 0.5) is 11.8 Å². The van der Waals surface area contributed by atoms with E-state index in [1.807, 2.05) is 18.2 Å². The van der Waals surface area contributed by atoms with Crippen molar-refractivity contribution in [1.82, 2.24) is 15.0 Å². The van der Waals surface area contributed by atoms with Gasteiger partial charge in [0.2, 0.25) is 5.95 Å². The molecule has 0 unspecified atom stereocenters. The van der Waals surface area contributed by atoms with Crippen LogP contribution in [-0.2, 0) is 0 Å². The monoisotopic (exact) mass is 271 g/mol. The van der Waals surface area contributed by atoms with Crippen molar-refractivity contribution in [3.63, 3.8) is 0 Å². The molecule has 0 amide bonds. The molecule has 106 valence electrons. The molecule has 2 N–H and O–H groups in total. The SMILES string of the molecule is CC(C)Nc1cc(-c2cccnc2)nc(NC(C)C)n1. The summed E-state index contributed by atoms with van der Waals surface area (Å²) in [5.41, 5.74) is 1.84. The third kappa shape index (κ3) is 3.91. The summed E-state index contributed by atoms with van der Waals surface area (Å²) in [6.45, 7) is 8.30. The molecule has 2 rings (SSSR count). The van der Waals surface area contributed by atoms with Crippen molar-refractivity contribution in [2.45, 2.75) is 39.8 Å². The predicted octanol–water partition coefficient (Wildman–Crippen LogP) is 3.18. The van der Waals surface area contributed by atoms with Crippen LogP contribution in [0.2, 0.25) is 0 Å². The van der Waals surface area contributed by atoms with Crippen molar-refractivity contribution in [2.75, 3.05) is 10.6 Å². The van der Waals surface area contributed by atoms with E-state index in [0.717, 1.165) is 17.1 Å². The van der Waals surface area contributed by atoms with Crippen LogP contribution in [0, 0.1) is 0 Å². The quantitative estimate of drug-likeness (QED) is 0.874. The standard InChI is InChI=1S/C15H21N5/c1-10(2)17-14-8-13(12-6-5-7-16-9-12)19-15(20-14)18-11(3)4/h5-11H,1-4H3,(H2,17,18,19,20). The van der Waals surface area contributed by atoms with E-state index in [0.29, 0.717) is 12.0 Å². The molecule has 2 heterocycles. The fourth-order valence-corrected chi connectivity index (χ4v) is 1.80. The smallest absolute Gasteiger partial charge is 0.225 e. The van der Waals surface area contributed by atoms with Crippen molar-refractivity contribution < 1.29 is 0 Å². The number of nitrogens with zero attached hydrogens (tertiary/aromatic N) is 3. The van der Waals surface area contributed by atoms with Crippen molar-refractivity contribution in [3.05, 3.63) is 30.6 Å². The minimum Gasteiger partial charge on any atom is -0.368 e. The number of rotatable bonds is 5. The lowest BCUT2D eigenvalue weighted by Crippen LogP contribution is -2.16. The summed E-state index contributed by atoms with van der Waals surface area (Å²) in [4.78, 5) is 13.2. The fourth-order valence-electron chi connectivity index (χ4n) is 1.80. The highest BCUT2D eigenvalue weighted by atomic mass is 15.2. The number of nitrogens with one attached hydrogen (secondary N) is 2. The number of pyridine rings is 1. The van der Waals surface area contributed by atoms with Gasteiger partial charge in [-0.3, -0.25) is 4.98 Å². The Bertz CT molecular complexity index is 523. The molecule has 0 aliphatic rings. The summed E-state index contributed by atoms with van der Waals surface area (Å²) in [6, 6.07) is 6.45. The Morgan fingerprint density at radius 2 is 1.75 bits per heavy atom. The molecule has 0 radical (unpaired) electrons. The average Bonchev–Trinajstić information content (AvgIpc) is 2.38. The molecule has 0 saturated heterocycles. The van der Waals surface area contributed by atoms with E-state index < -0.39 is 0 Å². The summed E-state index contributed by atoms with van der Waals surface area (Å²) in [7, 11) is 0. The normalized spacial score (nSPS) is 10.9. The molecule has 0 spiro atoms. The van der Waals surface area contributed by atoms with Crippen LogP contribution in [0.15, 0.2) is 30.6 Å². The summed E-state index contributed by atoms with van der Waals surface area (Å²) in [5.74, 6) is 1.45. The van der Waals surface area contributed by atoms with Gasteiger partial charge in [0, 0.05) is 36.1 Å². The average molecular weight is 271 g/mol. The highest BCUT2D eigenvalue weighted by Gasteiger charge is 2.08. The molecule has 0 aliphatic carbocycles. The van der Waals surface area contributed by atoms with Gasteiger partial charge in [0.05, 0.1) is 5.69 Å². The Hall–Kier alpha value is -2.17. The van der Waals surface area contributed by atoms with Crippen molar-refractivity contribution >= 4 is 11.8 Å². The highest BCUT2D eigenvalue weighted by Crippen LogP contribution is 2.21. The Labute approximate surface area is 119 Å². The molecule has 5 heteroatoms. The van der Waals surface area contributed by atoms with Crippen LogP contribution in [0.5, 0.6) is 0 Å². The lowest BCUT2D eigenvalue weighted by Gasteiger charge is -2.14. The minimum atomic E-state index is 0.283. The lowest BCUT2D eigenvalue weighted by atomic mass is 10.2. The number of anilines is 2. The van der Waals surface area contributed by atoms with Crippen LogP contribution in [0.25, 0.3) is 11.3 Å². The van der Waals surface area contributed by atoms with E-state index in [2.05, 4.69) is 53.3 Å². The molecule has 2 aromatic rings. The largest absolute Gasteiger partial charge is 0.368 e. The van der Waals surface area contributed by atoms with E-state index in [1.165, 1.54) is 0 Å². The van der Waals surface area contributed by atoms with Gasteiger partial charge in [-0.15, -0.1) is 0 Å². The maximum absolute atomic E-state index is 4.55. The zero-order valence-corrected chi connectivity index (χ0v) is 12.4. The Morgan fingerprint density at radius 1 is 1.00 bits per heavy atom. The number of aromatic nitrogens is 3. The van der Waals surface area contributed by atoms with Crippen molar-refractivity contribution in [2.24, 2.45) is 0 Å². The van der Waals surface area contributed by atoms with Crippen LogP contribution in [0.3, 0.4) is 0 Å². The highest BCUT2D eigenvalue weighted by molar-refractivity contribution is 5.63. The van der Waals surface area contributed by atoms with Crippen molar-refractivity contribution in [1.29, 1.82) is 0 Å². The molecule has 0 aromatic carbocycles. The van der Waals surface area contributed by atoms with E-state index in [4.69, 9.17) is 0 Å². The Morgan fingerprint density at radius 3 is 2.35 bits per heavy atom. The second-order valence-electron chi connectivity index (χ2n) is 5.30. The first kappa shape index (κ1) is 14.2. The summed E-state index contributed by atoms with van der Waals surface area (Å²) >= 11 is 0. The van der Waals surface area contributed by atoms with Gasteiger partial charge in [-0.1, -0.05) is 0 Å². The molecular formula is C15H21N5. The van der Waals surface area contributed by atoms with Crippen molar-refractivity contribution in [3.8, 4) is 11.3 Å². The van der Waals surface area contributed by atoms with Gasteiger partial charge in [0.15, 0.2) is 0 Å². The maximum Gasteiger partial charge on any atom is 0.225 e. The van der Waals surface area contributed by atoms with Gasteiger partial charge in [0.25, 0.3) is 0 Å². The third-order valence-electron chi connectivity index (χ3n) is 2.54. The molecule has 2 aromatic heterocycles. The molecule has 0 atom stereocenters. The summed E-state index contributed by atoms with van der Waals surface area (Å²) in [6.07, 6.45) is 3.56. The third-order valence-corrected chi connectivity index (χ3v) is 2.54. The Balaban J connectivity index is 2.39. The van der Waals surface area contributed by atoms with E-state index >= 15 is 0 Å². The first-order valence-electron chi connectivity index (χ1n) is 6.87. The second-order valence-corrected chi connectivity index (χ2v) is 5.30. The van der Waals surface area contributed by atoms with Crippen LogP contribution >= 0.6 is 0 Å². The van der Waals surface area contributed by atoms with Gasteiger partial charge in [-0.2, -0.15) is 4.98 Å². The molecule has 0 bridgehead atoms. The topological polar surface area (TPSA) is 62.7 Å². The van der Waals surface area contributed by atoms with Gasteiger partial charge in [0.1, 0.15) is 5.82 Å². The van der Waals surface area contributed by atoms with Crippen LogP contribution in [-0.4, -0.2) is 27.0 Å². The zero-order valence-electron chi connectivity index (χ0n) is 12.4. The molecular weight excluding hydrogens is 250 g/mol. The molecule has 0 saturated carbocycles.